The number of amides is 1. The quantitative estimate of drug-likeness (QED) is 0.723. The van der Waals surface area contributed by atoms with Gasteiger partial charge in [-0.3, -0.25) is 4.79 Å². The number of nitrogens with zero attached hydrogens (tertiary/aromatic N) is 2. The van der Waals surface area contributed by atoms with E-state index in [2.05, 4.69) is 15.5 Å². The fourth-order valence-corrected chi connectivity index (χ4v) is 2.42. The number of benzene rings is 2. The highest BCUT2D eigenvalue weighted by Crippen LogP contribution is 2.21. The molecule has 3 rings (SSSR count). The molecule has 0 aliphatic carbocycles. The second kappa shape index (κ2) is 7.75. The molecule has 0 radical (unpaired) electrons. The first-order chi connectivity index (χ1) is 11.7. The van der Waals surface area contributed by atoms with Crippen LogP contribution in [0, 0.1) is 0 Å². The van der Waals surface area contributed by atoms with Gasteiger partial charge in [0.1, 0.15) is 0 Å². The van der Waals surface area contributed by atoms with Crippen LogP contribution >= 0.6 is 11.6 Å². The molecule has 0 bridgehead atoms. The zero-order valence-corrected chi connectivity index (χ0v) is 13.7. The molecular formula is C18H16ClN3O2. The van der Waals surface area contributed by atoms with E-state index in [0.29, 0.717) is 41.7 Å². The third-order valence-corrected chi connectivity index (χ3v) is 3.77. The van der Waals surface area contributed by atoms with E-state index < -0.39 is 0 Å². The molecular weight excluding hydrogens is 326 g/mol. The summed E-state index contributed by atoms with van der Waals surface area (Å²) in [6.45, 7) is 0. The lowest BCUT2D eigenvalue weighted by Gasteiger charge is -2.06. The molecule has 5 nitrogen and oxygen atoms in total. The van der Waals surface area contributed by atoms with Crippen LogP contribution < -0.4 is 5.32 Å². The second-order valence-corrected chi connectivity index (χ2v) is 5.67. The van der Waals surface area contributed by atoms with Gasteiger partial charge in [0.2, 0.25) is 17.6 Å². The molecule has 0 unspecified atom stereocenters. The van der Waals surface area contributed by atoms with Crippen molar-refractivity contribution in [1.29, 1.82) is 0 Å². The summed E-state index contributed by atoms with van der Waals surface area (Å²) in [4.78, 5) is 16.3. The molecule has 0 saturated carbocycles. The van der Waals surface area contributed by atoms with Crippen molar-refractivity contribution < 1.29 is 9.32 Å². The van der Waals surface area contributed by atoms with E-state index in [4.69, 9.17) is 16.1 Å². The van der Waals surface area contributed by atoms with E-state index in [1.807, 2.05) is 42.5 Å². The Morgan fingerprint density at radius 1 is 1.08 bits per heavy atom. The molecule has 0 aliphatic rings. The maximum Gasteiger partial charge on any atom is 0.226 e. The van der Waals surface area contributed by atoms with Crippen LogP contribution in [0.2, 0.25) is 5.02 Å². The number of anilines is 1. The SMILES string of the molecule is O=C(CCCc1nc(-c2ccccc2)no1)Nc1ccccc1Cl. The molecule has 1 heterocycles. The number of carbonyl (C=O) groups excluding carboxylic acids is 1. The van der Waals surface area contributed by atoms with Crippen LogP contribution in [0.4, 0.5) is 5.69 Å². The van der Waals surface area contributed by atoms with Gasteiger partial charge in [0.15, 0.2) is 0 Å². The Bertz CT molecular complexity index is 818. The number of nitrogens with one attached hydrogen (secondary N) is 1. The lowest BCUT2D eigenvalue weighted by atomic mass is 10.2. The largest absolute Gasteiger partial charge is 0.339 e. The fourth-order valence-electron chi connectivity index (χ4n) is 2.24. The average Bonchev–Trinajstić information content (AvgIpc) is 3.07. The number of hydrogen-bond acceptors (Lipinski definition) is 4. The minimum absolute atomic E-state index is 0.0918. The van der Waals surface area contributed by atoms with Crippen molar-refractivity contribution in [2.45, 2.75) is 19.3 Å². The van der Waals surface area contributed by atoms with Crippen molar-refractivity contribution >= 4 is 23.2 Å². The van der Waals surface area contributed by atoms with Crippen LogP contribution in [0.25, 0.3) is 11.4 Å². The standard InChI is InChI=1S/C18H16ClN3O2/c19-14-9-4-5-10-15(14)20-16(23)11-6-12-17-21-18(22-24-17)13-7-2-1-3-8-13/h1-5,7-10H,6,11-12H2,(H,20,23). The van der Waals surface area contributed by atoms with Crippen LogP contribution in [0.5, 0.6) is 0 Å². The maximum atomic E-state index is 11.9. The topological polar surface area (TPSA) is 68.0 Å². The summed E-state index contributed by atoms with van der Waals surface area (Å²) < 4.78 is 5.22. The van der Waals surface area contributed by atoms with Gasteiger partial charge in [-0.05, 0) is 18.6 Å². The molecule has 6 heteroatoms. The smallest absolute Gasteiger partial charge is 0.226 e. The van der Waals surface area contributed by atoms with E-state index in [-0.39, 0.29) is 5.91 Å². The van der Waals surface area contributed by atoms with Gasteiger partial charge in [0, 0.05) is 18.4 Å². The lowest BCUT2D eigenvalue weighted by molar-refractivity contribution is -0.116. The van der Waals surface area contributed by atoms with Crippen LogP contribution in [0.3, 0.4) is 0 Å². The number of halogens is 1. The average molecular weight is 342 g/mol. The van der Waals surface area contributed by atoms with E-state index >= 15 is 0 Å². The summed E-state index contributed by atoms with van der Waals surface area (Å²) in [5.74, 6) is 0.997. The molecule has 1 N–H and O–H groups in total. The first-order valence-electron chi connectivity index (χ1n) is 7.65. The highest BCUT2D eigenvalue weighted by Gasteiger charge is 2.10. The Labute approximate surface area is 144 Å². The summed E-state index contributed by atoms with van der Waals surface area (Å²) in [5.41, 5.74) is 1.53. The van der Waals surface area contributed by atoms with Gasteiger partial charge in [0.05, 0.1) is 10.7 Å². The van der Waals surface area contributed by atoms with Gasteiger partial charge < -0.3 is 9.84 Å². The molecule has 1 amide bonds. The number of rotatable bonds is 6. The summed E-state index contributed by atoms with van der Waals surface area (Å²) in [6, 6.07) is 16.8. The molecule has 122 valence electrons. The van der Waals surface area contributed by atoms with Gasteiger partial charge >= 0.3 is 0 Å². The number of hydrogen-bond donors (Lipinski definition) is 1. The first-order valence-corrected chi connectivity index (χ1v) is 8.02. The zero-order chi connectivity index (χ0) is 16.8. The lowest BCUT2D eigenvalue weighted by Crippen LogP contribution is -2.11. The van der Waals surface area contributed by atoms with E-state index in [0.717, 1.165) is 5.56 Å². The Hall–Kier alpha value is -2.66. The summed E-state index contributed by atoms with van der Waals surface area (Å²) >= 11 is 6.01. The Kier molecular flexibility index (Phi) is 5.23. The Balaban J connectivity index is 1.49. The molecule has 0 spiro atoms. The highest BCUT2D eigenvalue weighted by atomic mass is 35.5. The number of carbonyl (C=O) groups is 1. The van der Waals surface area contributed by atoms with E-state index in [1.165, 1.54) is 0 Å². The number of aryl methyl sites for hydroxylation is 1. The molecule has 2 aromatic carbocycles. The van der Waals surface area contributed by atoms with Crippen molar-refractivity contribution in [3.8, 4) is 11.4 Å². The molecule has 0 aliphatic heterocycles. The minimum atomic E-state index is -0.0918. The molecule has 0 saturated heterocycles. The van der Waals surface area contributed by atoms with Crippen molar-refractivity contribution in [2.24, 2.45) is 0 Å². The van der Waals surface area contributed by atoms with E-state index in [1.54, 1.807) is 12.1 Å². The highest BCUT2D eigenvalue weighted by molar-refractivity contribution is 6.33. The molecule has 1 aromatic heterocycles. The summed E-state index contributed by atoms with van der Waals surface area (Å²) in [7, 11) is 0. The van der Waals surface area contributed by atoms with Crippen molar-refractivity contribution in [1.82, 2.24) is 10.1 Å². The van der Waals surface area contributed by atoms with Gasteiger partial charge in [-0.25, -0.2) is 0 Å². The van der Waals surface area contributed by atoms with Crippen LogP contribution in [-0.2, 0) is 11.2 Å². The molecule has 0 fully saturated rings. The molecule has 0 atom stereocenters. The monoisotopic (exact) mass is 341 g/mol. The summed E-state index contributed by atoms with van der Waals surface area (Å²) in [6.07, 6.45) is 1.52. The third kappa shape index (κ3) is 4.20. The van der Waals surface area contributed by atoms with Gasteiger partial charge in [-0.1, -0.05) is 59.2 Å². The summed E-state index contributed by atoms with van der Waals surface area (Å²) in [5, 5.41) is 7.27. The van der Waals surface area contributed by atoms with E-state index in [9.17, 15) is 4.79 Å². The van der Waals surface area contributed by atoms with Crippen LogP contribution in [0.1, 0.15) is 18.7 Å². The number of aromatic nitrogens is 2. The van der Waals surface area contributed by atoms with Crippen molar-refractivity contribution in [2.75, 3.05) is 5.32 Å². The Morgan fingerprint density at radius 3 is 2.62 bits per heavy atom. The van der Waals surface area contributed by atoms with Crippen molar-refractivity contribution in [3.05, 3.63) is 65.5 Å². The van der Waals surface area contributed by atoms with Crippen LogP contribution in [-0.4, -0.2) is 16.0 Å². The molecule has 24 heavy (non-hydrogen) atoms. The normalized spacial score (nSPS) is 10.5. The predicted octanol–water partition coefficient (Wildman–Crippen LogP) is 4.35. The fraction of sp³-hybridized carbons (Fsp3) is 0.167. The Morgan fingerprint density at radius 2 is 1.83 bits per heavy atom. The number of para-hydroxylation sites is 1. The minimum Gasteiger partial charge on any atom is -0.339 e. The molecule has 3 aromatic rings. The maximum absolute atomic E-state index is 11.9. The van der Waals surface area contributed by atoms with Crippen LogP contribution in [0.15, 0.2) is 59.1 Å². The zero-order valence-electron chi connectivity index (χ0n) is 12.9. The second-order valence-electron chi connectivity index (χ2n) is 5.26. The third-order valence-electron chi connectivity index (χ3n) is 3.44. The van der Waals surface area contributed by atoms with Crippen molar-refractivity contribution in [3.63, 3.8) is 0 Å². The van der Waals surface area contributed by atoms with Gasteiger partial charge in [0.25, 0.3) is 0 Å². The van der Waals surface area contributed by atoms with Gasteiger partial charge in [-0.15, -0.1) is 0 Å². The predicted molar refractivity (Wildman–Crippen MR) is 92.8 cm³/mol. The van der Waals surface area contributed by atoms with Gasteiger partial charge in [-0.2, -0.15) is 4.98 Å². The first kappa shape index (κ1) is 16.2.